The highest BCUT2D eigenvalue weighted by Gasteiger charge is 2.45. The minimum Gasteiger partial charge on any atom is -0.417 e. The molecule has 0 aromatic carbocycles. The van der Waals surface area contributed by atoms with Crippen LogP contribution in [-0.4, -0.2) is 26.1 Å². The Hall–Kier alpha value is -0.383. The van der Waals surface area contributed by atoms with Gasteiger partial charge in [0.05, 0.1) is 6.10 Å². The first-order valence-corrected chi connectivity index (χ1v) is 12.6. The van der Waals surface area contributed by atoms with Gasteiger partial charge < -0.3 is 9.53 Å². The monoisotopic (exact) mass is 350 g/mol. The van der Waals surface area contributed by atoms with Crippen LogP contribution in [0.4, 0.5) is 0 Å². The molecule has 1 N–H and O–H groups in total. The van der Waals surface area contributed by atoms with E-state index in [0.29, 0.717) is 29.6 Å². The maximum atomic E-state index is 10.9. The molecule has 0 heterocycles. The third-order valence-electron chi connectivity index (χ3n) is 6.80. The van der Waals surface area contributed by atoms with Crippen LogP contribution in [0.15, 0.2) is 24.3 Å². The highest BCUT2D eigenvalue weighted by atomic mass is 28.4. The van der Waals surface area contributed by atoms with E-state index in [1.165, 1.54) is 6.42 Å². The van der Waals surface area contributed by atoms with Crippen molar-refractivity contribution in [1.82, 2.24) is 0 Å². The van der Waals surface area contributed by atoms with E-state index < -0.39 is 8.32 Å². The summed E-state index contributed by atoms with van der Waals surface area (Å²) in [6.45, 7) is 16.7. The SMILES string of the molecule is C/C=C/[C@@H]1C[C@H](O)[C@@H]2[C@@H](CO[Si](C)(C)C(C)(C)C)[C@@H](C)C=C[C@H]2C1. The minimum atomic E-state index is -1.74. The topological polar surface area (TPSA) is 29.5 Å². The summed E-state index contributed by atoms with van der Waals surface area (Å²) in [6.07, 6.45) is 11.0. The van der Waals surface area contributed by atoms with E-state index in [0.717, 1.165) is 13.0 Å². The predicted molar refractivity (Wildman–Crippen MR) is 105 cm³/mol. The zero-order valence-electron chi connectivity index (χ0n) is 16.8. The van der Waals surface area contributed by atoms with Gasteiger partial charge in [-0.1, -0.05) is 52.0 Å². The summed E-state index contributed by atoms with van der Waals surface area (Å²) in [5.41, 5.74) is 0. The third kappa shape index (κ3) is 4.23. The Morgan fingerprint density at radius 2 is 1.88 bits per heavy atom. The van der Waals surface area contributed by atoms with Crippen LogP contribution in [0.5, 0.6) is 0 Å². The summed E-state index contributed by atoms with van der Waals surface area (Å²) < 4.78 is 6.56. The van der Waals surface area contributed by atoms with Gasteiger partial charge in [-0.3, -0.25) is 0 Å². The van der Waals surface area contributed by atoms with Gasteiger partial charge in [-0.05, 0) is 67.5 Å². The summed E-state index contributed by atoms with van der Waals surface area (Å²) in [6, 6.07) is 0. The van der Waals surface area contributed by atoms with E-state index in [2.05, 4.69) is 72.0 Å². The first-order chi connectivity index (χ1) is 11.1. The van der Waals surface area contributed by atoms with Crippen LogP contribution in [0.2, 0.25) is 18.1 Å². The molecule has 0 saturated heterocycles. The summed E-state index contributed by atoms with van der Waals surface area (Å²) in [7, 11) is -1.74. The van der Waals surface area contributed by atoms with E-state index in [4.69, 9.17) is 4.43 Å². The first kappa shape index (κ1) is 19.9. The molecule has 2 rings (SSSR count). The Morgan fingerprint density at radius 3 is 2.46 bits per heavy atom. The molecule has 138 valence electrons. The lowest BCUT2D eigenvalue weighted by atomic mass is 9.62. The number of hydrogen-bond acceptors (Lipinski definition) is 2. The second-order valence-corrected chi connectivity index (χ2v) is 14.4. The van der Waals surface area contributed by atoms with Crippen LogP contribution in [0.25, 0.3) is 0 Å². The highest BCUT2D eigenvalue weighted by Crippen LogP contribution is 2.46. The van der Waals surface area contributed by atoms with Gasteiger partial charge in [0.2, 0.25) is 0 Å². The Morgan fingerprint density at radius 1 is 1.21 bits per heavy atom. The molecule has 0 unspecified atom stereocenters. The van der Waals surface area contributed by atoms with Gasteiger partial charge in [-0.25, -0.2) is 0 Å². The zero-order chi connectivity index (χ0) is 18.1. The average molecular weight is 351 g/mol. The summed E-state index contributed by atoms with van der Waals surface area (Å²) >= 11 is 0. The van der Waals surface area contributed by atoms with Crippen molar-refractivity contribution in [3.63, 3.8) is 0 Å². The normalized spacial score (nSPS) is 37.7. The molecule has 0 amide bonds. The van der Waals surface area contributed by atoms with Crippen LogP contribution < -0.4 is 0 Å². The van der Waals surface area contributed by atoms with E-state index in [-0.39, 0.29) is 11.1 Å². The van der Waals surface area contributed by atoms with Crippen molar-refractivity contribution in [2.45, 2.75) is 71.7 Å². The molecular formula is C21H38O2Si. The Labute approximate surface area is 150 Å². The van der Waals surface area contributed by atoms with Crippen molar-refractivity contribution < 1.29 is 9.53 Å². The molecule has 0 radical (unpaired) electrons. The number of aliphatic hydroxyl groups excluding tert-OH is 1. The molecule has 0 spiro atoms. The van der Waals surface area contributed by atoms with Crippen molar-refractivity contribution in [1.29, 1.82) is 0 Å². The molecule has 24 heavy (non-hydrogen) atoms. The molecule has 2 aliphatic carbocycles. The fraction of sp³-hybridized carbons (Fsp3) is 0.810. The quantitative estimate of drug-likeness (QED) is 0.542. The first-order valence-electron chi connectivity index (χ1n) is 9.70. The maximum Gasteiger partial charge on any atom is 0.191 e. The van der Waals surface area contributed by atoms with Crippen LogP contribution in [0.1, 0.15) is 47.5 Å². The molecule has 0 aromatic rings. The van der Waals surface area contributed by atoms with Crippen LogP contribution in [0.3, 0.4) is 0 Å². The number of rotatable bonds is 4. The van der Waals surface area contributed by atoms with Gasteiger partial charge in [0.15, 0.2) is 8.32 Å². The van der Waals surface area contributed by atoms with Gasteiger partial charge >= 0.3 is 0 Å². The number of allylic oxidation sites excluding steroid dienone is 4. The molecule has 6 atom stereocenters. The molecule has 0 bridgehead atoms. The fourth-order valence-electron chi connectivity index (χ4n) is 4.19. The van der Waals surface area contributed by atoms with E-state index in [9.17, 15) is 5.11 Å². The zero-order valence-corrected chi connectivity index (χ0v) is 17.8. The van der Waals surface area contributed by atoms with E-state index in [1.807, 2.05) is 0 Å². The number of fused-ring (bicyclic) bond motifs is 1. The molecular weight excluding hydrogens is 312 g/mol. The fourth-order valence-corrected chi connectivity index (χ4v) is 5.23. The van der Waals surface area contributed by atoms with Gasteiger partial charge in [0, 0.05) is 6.61 Å². The second-order valence-electron chi connectivity index (χ2n) is 9.55. The highest BCUT2D eigenvalue weighted by molar-refractivity contribution is 6.74. The third-order valence-corrected chi connectivity index (χ3v) is 11.3. The lowest BCUT2D eigenvalue weighted by Gasteiger charge is -2.47. The van der Waals surface area contributed by atoms with Gasteiger partial charge in [-0.2, -0.15) is 0 Å². The molecule has 2 aliphatic rings. The average Bonchev–Trinajstić information content (AvgIpc) is 2.45. The number of hydrogen-bond donors (Lipinski definition) is 1. The maximum absolute atomic E-state index is 10.9. The molecule has 1 saturated carbocycles. The molecule has 0 aliphatic heterocycles. The van der Waals surface area contributed by atoms with E-state index in [1.54, 1.807) is 0 Å². The predicted octanol–water partition coefficient (Wildman–Crippen LogP) is 5.41. The summed E-state index contributed by atoms with van der Waals surface area (Å²) in [5.74, 6) is 2.31. The Balaban J connectivity index is 2.11. The Kier molecular flexibility index (Phi) is 6.20. The second kappa shape index (κ2) is 7.47. The van der Waals surface area contributed by atoms with Gasteiger partial charge in [0.25, 0.3) is 0 Å². The van der Waals surface area contributed by atoms with E-state index >= 15 is 0 Å². The largest absolute Gasteiger partial charge is 0.417 e. The molecule has 0 aromatic heterocycles. The molecule has 3 heteroatoms. The van der Waals surface area contributed by atoms with Crippen LogP contribution >= 0.6 is 0 Å². The van der Waals surface area contributed by atoms with Crippen LogP contribution in [-0.2, 0) is 4.43 Å². The summed E-state index contributed by atoms with van der Waals surface area (Å²) in [5, 5.41) is 11.1. The van der Waals surface area contributed by atoms with Gasteiger partial charge in [0.1, 0.15) is 0 Å². The Bertz CT molecular complexity index is 475. The van der Waals surface area contributed by atoms with Crippen LogP contribution in [0, 0.1) is 29.6 Å². The van der Waals surface area contributed by atoms with Crippen molar-refractivity contribution >= 4 is 8.32 Å². The smallest absolute Gasteiger partial charge is 0.191 e. The molecule has 1 fully saturated rings. The summed E-state index contributed by atoms with van der Waals surface area (Å²) in [4.78, 5) is 0. The van der Waals surface area contributed by atoms with Crippen molar-refractivity contribution in [3.05, 3.63) is 24.3 Å². The van der Waals surface area contributed by atoms with Crippen molar-refractivity contribution in [2.75, 3.05) is 6.61 Å². The van der Waals surface area contributed by atoms with Crippen molar-refractivity contribution in [3.8, 4) is 0 Å². The molecule has 2 nitrogen and oxygen atoms in total. The van der Waals surface area contributed by atoms with Gasteiger partial charge in [-0.15, -0.1) is 0 Å². The number of aliphatic hydroxyl groups is 1. The van der Waals surface area contributed by atoms with Crippen molar-refractivity contribution in [2.24, 2.45) is 29.6 Å². The minimum absolute atomic E-state index is 0.203. The standard InChI is InChI=1S/C21H38O2Si/c1-8-9-16-12-17-11-10-15(2)18(20(17)19(22)13-16)14-23-24(6,7)21(3,4)5/h8-11,15-20,22H,12-14H2,1-7H3/b9-8+/t15-,16-,17-,18-,19-,20-/m0/s1. The lowest BCUT2D eigenvalue weighted by molar-refractivity contribution is -0.0302. The lowest BCUT2D eigenvalue weighted by Crippen LogP contribution is -2.48.